The van der Waals surface area contributed by atoms with E-state index in [9.17, 15) is 9.90 Å². The number of benzene rings is 3. The first-order valence-electron chi connectivity index (χ1n) is 11.6. The van der Waals surface area contributed by atoms with E-state index in [1.165, 1.54) is 0 Å². The Kier molecular flexibility index (Phi) is 4.24. The summed E-state index contributed by atoms with van der Waals surface area (Å²) in [5, 5.41) is 10.5. The maximum atomic E-state index is 11.9. The molecule has 3 aromatic carbocycles. The Bertz CT molecular complexity index is 1480. The number of H-pyrrole nitrogens is 1. The van der Waals surface area contributed by atoms with Crippen molar-refractivity contribution in [3.8, 4) is 28.0 Å². The van der Waals surface area contributed by atoms with E-state index in [0.717, 1.165) is 69.7 Å². The van der Waals surface area contributed by atoms with Crippen molar-refractivity contribution in [2.45, 2.75) is 38.0 Å². The van der Waals surface area contributed by atoms with Gasteiger partial charge in [0.2, 0.25) is 0 Å². The van der Waals surface area contributed by atoms with Gasteiger partial charge in [0.15, 0.2) is 0 Å². The summed E-state index contributed by atoms with van der Waals surface area (Å²) in [5.41, 5.74) is 7.19. The smallest absolute Gasteiger partial charge is 0.408 e. The Morgan fingerprint density at radius 1 is 1.06 bits per heavy atom. The van der Waals surface area contributed by atoms with Gasteiger partial charge in [0.25, 0.3) is 0 Å². The third kappa shape index (κ3) is 2.95. The highest BCUT2D eigenvalue weighted by atomic mass is 35.5. The van der Waals surface area contributed by atoms with Gasteiger partial charge in [-0.3, -0.25) is 4.90 Å². The van der Waals surface area contributed by atoms with E-state index < -0.39 is 6.09 Å². The number of halogens is 1. The van der Waals surface area contributed by atoms with Crippen LogP contribution >= 0.6 is 11.6 Å². The summed E-state index contributed by atoms with van der Waals surface area (Å²) in [7, 11) is 0. The number of imidazole rings is 1. The van der Waals surface area contributed by atoms with E-state index in [-0.39, 0.29) is 12.1 Å². The molecule has 3 aliphatic rings. The number of hydrogen-bond acceptors (Lipinski definition) is 3. The van der Waals surface area contributed by atoms with E-state index in [4.69, 9.17) is 21.3 Å². The molecule has 170 valence electrons. The predicted molar refractivity (Wildman–Crippen MR) is 130 cm³/mol. The van der Waals surface area contributed by atoms with Crippen LogP contribution in [0.15, 0.2) is 54.6 Å². The Balaban J connectivity index is 1.24. The van der Waals surface area contributed by atoms with Gasteiger partial charge in [0.1, 0.15) is 18.2 Å². The first kappa shape index (κ1) is 19.9. The lowest BCUT2D eigenvalue weighted by Gasteiger charge is -2.31. The van der Waals surface area contributed by atoms with Crippen molar-refractivity contribution in [3.05, 3.63) is 71.0 Å². The average Bonchev–Trinajstić information content (AvgIpc) is 3.57. The van der Waals surface area contributed by atoms with Gasteiger partial charge in [0.05, 0.1) is 17.1 Å². The number of hydrogen-bond donors (Lipinski definition) is 2. The molecule has 2 fully saturated rings. The molecule has 3 unspecified atom stereocenters. The summed E-state index contributed by atoms with van der Waals surface area (Å²) in [5.74, 6) is 1.96. The third-order valence-electron chi connectivity index (χ3n) is 7.64. The largest absolute Gasteiger partial charge is 0.488 e. The highest BCUT2D eigenvalue weighted by Gasteiger charge is 2.50. The molecule has 2 N–H and O–H groups in total. The summed E-state index contributed by atoms with van der Waals surface area (Å²) < 4.78 is 6.05. The molecule has 4 aromatic rings. The molecular formula is C27H22ClN3O3. The third-order valence-corrected chi connectivity index (χ3v) is 7.88. The highest BCUT2D eigenvalue weighted by molar-refractivity contribution is 6.30. The molecule has 7 heteroatoms. The summed E-state index contributed by atoms with van der Waals surface area (Å²) in [6.45, 7) is 0.499. The molecule has 1 amide bonds. The average molecular weight is 472 g/mol. The molecule has 2 bridgehead atoms. The van der Waals surface area contributed by atoms with Crippen molar-refractivity contribution in [3.63, 3.8) is 0 Å². The van der Waals surface area contributed by atoms with Crippen LogP contribution in [0.4, 0.5) is 4.79 Å². The van der Waals surface area contributed by atoms with Gasteiger partial charge in [-0.2, -0.15) is 0 Å². The Hall–Kier alpha value is -3.51. The van der Waals surface area contributed by atoms with Crippen LogP contribution < -0.4 is 4.74 Å². The van der Waals surface area contributed by atoms with Crippen LogP contribution in [-0.4, -0.2) is 32.1 Å². The van der Waals surface area contributed by atoms with Crippen molar-refractivity contribution >= 4 is 28.7 Å². The summed E-state index contributed by atoms with van der Waals surface area (Å²) in [6, 6.07) is 18.3. The highest BCUT2D eigenvalue weighted by Crippen LogP contribution is 2.50. The van der Waals surface area contributed by atoms with E-state index in [1.807, 2.05) is 24.3 Å². The molecule has 6 nitrogen and oxygen atoms in total. The van der Waals surface area contributed by atoms with Crippen LogP contribution in [0.3, 0.4) is 0 Å². The first-order chi connectivity index (χ1) is 16.5. The Labute approximate surface area is 201 Å². The number of carboxylic acid groups (broad SMARTS) is 1. The quantitative estimate of drug-likeness (QED) is 0.343. The number of aromatic amines is 1. The molecule has 0 spiro atoms. The summed E-state index contributed by atoms with van der Waals surface area (Å²) in [4.78, 5) is 21.7. The normalized spacial score (nSPS) is 22.5. The minimum Gasteiger partial charge on any atom is -0.488 e. The monoisotopic (exact) mass is 471 g/mol. The van der Waals surface area contributed by atoms with Gasteiger partial charge >= 0.3 is 6.09 Å². The fraction of sp³-hybridized carbons (Fsp3) is 0.259. The van der Waals surface area contributed by atoms with Crippen molar-refractivity contribution < 1.29 is 14.6 Å². The molecule has 34 heavy (non-hydrogen) atoms. The second-order valence-electron chi connectivity index (χ2n) is 9.52. The number of amides is 1. The number of ether oxygens (including phenoxy) is 1. The molecule has 1 aromatic heterocycles. The fourth-order valence-electron chi connectivity index (χ4n) is 6.11. The number of nitrogens with one attached hydrogen (secondary N) is 1. The number of likely N-dealkylation sites (tertiary alicyclic amines) is 1. The van der Waals surface area contributed by atoms with E-state index >= 15 is 0 Å². The Morgan fingerprint density at radius 3 is 2.76 bits per heavy atom. The lowest BCUT2D eigenvalue weighted by Crippen LogP contribution is -2.39. The molecule has 2 aliphatic heterocycles. The second-order valence-corrected chi connectivity index (χ2v) is 9.95. The van der Waals surface area contributed by atoms with Crippen molar-refractivity contribution in [2.24, 2.45) is 5.92 Å². The number of fused-ring (bicyclic) bond motifs is 6. The van der Waals surface area contributed by atoms with Gasteiger partial charge in [-0.25, -0.2) is 9.78 Å². The molecule has 0 radical (unpaired) electrons. The van der Waals surface area contributed by atoms with Crippen molar-refractivity contribution in [1.82, 2.24) is 14.9 Å². The van der Waals surface area contributed by atoms with Crippen LogP contribution in [-0.2, 0) is 6.61 Å². The maximum Gasteiger partial charge on any atom is 0.408 e. The molecule has 1 saturated carbocycles. The van der Waals surface area contributed by atoms with Gasteiger partial charge in [-0.1, -0.05) is 35.9 Å². The van der Waals surface area contributed by atoms with E-state index in [0.29, 0.717) is 17.5 Å². The zero-order chi connectivity index (χ0) is 23.0. The standard InChI is InChI=1S/C27H22ClN3O3/c28-18-4-7-20-17(9-18)13-34-24-12-15(2-6-21(20)24)14-3-8-22-23(11-14)30-26(29-22)25-16-1-5-19(10-16)31(25)27(32)33/h2-4,6-9,11-12,16,19,25H,1,5,10,13H2,(H,29,30)(H,32,33). The van der Waals surface area contributed by atoms with Crippen LogP contribution in [0.1, 0.15) is 36.7 Å². The maximum absolute atomic E-state index is 11.9. The first-order valence-corrected chi connectivity index (χ1v) is 12.0. The minimum absolute atomic E-state index is 0.118. The van der Waals surface area contributed by atoms with Gasteiger partial charge in [0, 0.05) is 16.6 Å². The SMILES string of the molecule is O=C(O)N1C2CCC(C2)C1c1nc2ccc(-c3ccc4c(c3)OCc3cc(Cl)ccc3-4)cc2[nH]1. The molecule has 7 rings (SSSR count). The fourth-order valence-corrected chi connectivity index (χ4v) is 6.30. The molecule has 1 saturated heterocycles. The van der Waals surface area contributed by atoms with Crippen molar-refractivity contribution in [2.75, 3.05) is 0 Å². The minimum atomic E-state index is -0.851. The predicted octanol–water partition coefficient (Wildman–Crippen LogP) is 6.65. The van der Waals surface area contributed by atoms with Crippen LogP contribution in [0.2, 0.25) is 5.02 Å². The number of piperidine rings is 1. The lowest BCUT2D eigenvalue weighted by molar-refractivity contribution is 0.0992. The number of aromatic nitrogens is 2. The number of carbonyl (C=O) groups is 1. The van der Waals surface area contributed by atoms with Crippen LogP contribution in [0.25, 0.3) is 33.3 Å². The zero-order valence-electron chi connectivity index (χ0n) is 18.3. The molecular weight excluding hydrogens is 450 g/mol. The molecule has 3 atom stereocenters. The Morgan fingerprint density at radius 2 is 1.88 bits per heavy atom. The van der Waals surface area contributed by atoms with E-state index in [1.54, 1.807) is 4.90 Å². The van der Waals surface area contributed by atoms with Crippen LogP contribution in [0, 0.1) is 5.92 Å². The van der Waals surface area contributed by atoms with Gasteiger partial charge in [-0.15, -0.1) is 0 Å². The van der Waals surface area contributed by atoms with Crippen LogP contribution in [0.5, 0.6) is 5.75 Å². The lowest BCUT2D eigenvalue weighted by atomic mass is 9.94. The topological polar surface area (TPSA) is 78.4 Å². The van der Waals surface area contributed by atoms with Gasteiger partial charge in [-0.05, 0) is 77.8 Å². The van der Waals surface area contributed by atoms with Crippen molar-refractivity contribution in [1.29, 1.82) is 0 Å². The number of nitrogens with zero attached hydrogens (tertiary/aromatic N) is 2. The summed E-state index contributed by atoms with van der Waals surface area (Å²) >= 11 is 6.15. The zero-order valence-corrected chi connectivity index (χ0v) is 19.0. The molecule has 3 heterocycles. The number of rotatable bonds is 2. The van der Waals surface area contributed by atoms with Gasteiger partial charge < -0.3 is 14.8 Å². The second kappa shape index (κ2) is 7.24. The molecule has 1 aliphatic carbocycles. The summed E-state index contributed by atoms with van der Waals surface area (Å²) in [6.07, 6.45) is 2.10. The van der Waals surface area contributed by atoms with E-state index in [2.05, 4.69) is 35.3 Å².